The molecular formula is C146H92N2O. The number of hydrogen-bond acceptors (Lipinski definition) is 1. The van der Waals surface area contributed by atoms with Crippen molar-refractivity contribution in [2.75, 3.05) is 0 Å². The lowest BCUT2D eigenvalue weighted by Gasteiger charge is -2.30. The molecule has 4 aliphatic rings. The molecule has 0 amide bonds. The van der Waals surface area contributed by atoms with Crippen LogP contribution in [0.1, 0.15) is 89.7 Å². The average molecular weight is 1890 g/mol. The molecule has 3 heteroatoms. The Morgan fingerprint density at radius 3 is 0.933 bits per heavy atom. The van der Waals surface area contributed by atoms with Crippen molar-refractivity contribution in [3.05, 3.63) is 624 Å². The summed E-state index contributed by atoms with van der Waals surface area (Å²) in [6.07, 6.45) is 0. The van der Waals surface area contributed by atoms with E-state index in [-0.39, 0.29) is 11.8 Å². The summed E-state index contributed by atoms with van der Waals surface area (Å²) < 4.78 is 12.2. The van der Waals surface area contributed by atoms with Crippen molar-refractivity contribution in [1.82, 2.24) is 9.13 Å². The van der Waals surface area contributed by atoms with E-state index in [0.29, 0.717) is 0 Å². The monoisotopic (exact) mass is 1890 g/mol. The van der Waals surface area contributed by atoms with Crippen molar-refractivity contribution in [1.29, 1.82) is 0 Å². The van der Waals surface area contributed by atoms with Crippen LogP contribution in [-0.2, 0) is 10.8 Å². The fourth-order valence-electron chi connectivity index (χ4n) is 27.2. The smallest absolute Gasteiger partial charge is 0.140 e. The van der Waals surface area contributed by atoms with E-state index in [2.05, 4.69) is 555 Å². The number of fused-ring (bicyclic) bond motifs is 30. The molecule has 0 saturated carbocycles. The zero-order chi connectivity index (χ0) is 97.7. The predicted molar refractivity (Wildman–Crippen MR) is 618 cm³/mol. The number of hydrogen-bond donors (Lipinski definition) is 0. The van der Waals surface area contributed by atoms with Gasteiger partial charge in [-0.1, -0.05) is 479 Å². The molecule has 3 nitrogen and oxygen atoms in total. The highest BCUT2D eigenvalue weighted by molar-refractivity contribution is 6.17. The molecule has 4 aliphatic carbocycles. The first-order chi connectivity index (χ1) is 73.9. The summed E-state index contributed by atoms with van der Waals surface area (Å²) in [7, 11) is 0. The zero-order valence-corrected chi connectivity index (χ0v) is 81.4. The number of furan rings is 1. The highest BCUT2D eigenvalue weighted by atomic mass is 16.3. The van der Waals surface area contributed by atoms with Gasteiger partial charge in [-0.25, -0.2) is 0 Å². The Hall–Kier alpha value is -19.1. The molecule has 24 aromatic carbocycles. The van der Waals surface area contributed by atoms with Gasteiger partial charge in [-0.05, 0) is 272 Å². The largest absolute Gasteiger partial charge is 0.456 e. The van der Waals surface area contributed by atoms with E-state index in [0.717, 1.165) is 88.9 Å². The molecule has 27 aromatic rings. The third-order valence-corrected chi connectivity index (χ3v) is 33.5. The second-order valence-electron chi connectivity index (χ2n) is 40.8. The van der Waals surface area contributed by atoms with E-state index in [1.54, 1.807) is 0 Å². The van der Waals surface area contributed by atoms with Gasteiger partial charge in [-0.3, -0.25) is 0 Å². The van der Waals surface area contributed by atoms with Crippen molar-refractivity contribution >= 4 is 76.3 Å². The number of rotatable bonds is 15. The number of aromatic nitrogens is 2. The van der Waals surface area contributed by atoms with Gasteiger partial charge < -0.3 is 13.6 Å². The maximum atomic E-state index is 7.37. The van der Waals surface area contributed by atoms with Crippen LogP contribution in [0.2, 0.25) is 0 Å². The SMILES string of the molecule is c1ccc(-c2ccc(C(c3ccc(-c4ccc(-n5c6ccccc6c6cc(-c7cccc(-c8ccc(C(c9ccc(-c%10ccc(-n%11c%12ccccc%12c%12ccccc%12%11)cc%10)cc9)c9ccc(-c%10cccc%11c%10-c%10ccccc%10C%11%10c%11ccccc%11-c%11ccccc%11%10)c%10ccccc9%10)cc8)c7)ccc65)cc4)cc3)c3ccc(-c4cccc5c4-c4ccccc4C54c5ccccc5-c5ccccc54)c4c3oc3ccccc34)cc2)cc1. The molecule has 3 aromatic heterocycles. The lowest BCUT2D eigenvalue weighted by atomic mass is 9.70. The fraction of sp³-hybridized carbons (Fsp3) is 0.0274. The van der Waals surface area contributed by atoms with Gasteiger partial charge in [0, 0.05) is 61.1 Å². The Labute approximate surface area is 863 Å². The quantitative estimate of drug-likeness (QED) is 0.0938. The minimum atomic E-state index is -0.478. The molecule has 3 heterocycles. The van der Waals surface area contributed by atoms with E-state index in [4.69, 9.17) is 4.42 Å². The highest BCUT2D eigenvalue weighted by Gasteiger charge is 2.54. The summed E-state index contributed by atoms with van der Waals surface area (Å²) in [6.45, 7) is 0. The molecule has 0 radical (unpaired) electrons. The maximum absolute atomic E-state index is 7.37. The number of nitrogens with zero attached hydrogens (tertiary/aromatic N) is 2. The van der Waals surface area contributed by atoms with Crippen LogP contribution in [0.3, 0.4) is 0 Å². The van der Waals surface area contributed by atoms with Gasteiger partial charge in [0.1, 0.15) is 11.2 Å². The molecule has 2 atom stereocenters. The van der Waals surface area contributed by atoms with E-state index in [9.17, 15) is 0 Å². The van der Waals surface area contributed by atoms with Crippen LogP contribution in [0.25, 0.3) is 210 Å². The topological polar surface area (TPSA) is 23.0 Å². The Morgan fingerprint density at radius 2 is 0.463 bits per heavy atom. The van der Waals surface area contributed by atoms with Crippen LogP contribution in [0, 0.1) is 0 Å². The fourth-order valence-corrected chi connectivity index (χ4v) is 27.2. The first-order valence-electron chi connectivity index (χ1n) is 52.0. The number of benzene rings is 24. The van der Waals surface area contributed by atoms with Crippen molar-refractivity contribution in [2.24, 2.45) is 0 Å². The van der Waals surface area contributed by atoms with Crippen LogP contribution in [0.4, 0.5) is 0 Å². The van der Waals surface area contributed by atoms with Crippen molar-refractivity contribution in [3.63, 3.8) is 0 Å². The van der Waals surface area contributed by atoms with Crippen LogP contribution in [0.5, 0.6) is 0 Å². The molecule has 692 valence electrons. The summed E-state index contributed by atoms with van der Waals surface area (Å²) in [5.74, 6) is -0.315. The van der Waals surface area contributed by atoms with E-state index < -0.39 is 10.8 Å². The summed E-state index contributed by atoms with van der Waals surface area (Å²) in [5.41, 5.74) is 52.4. The maximum Gasteiger partial charge on any atom is 0.140 e. The molecule has 0 aliphatic heterocycles. The first kappa shape index (κ1) is 84.5. The van der Waals surface area contributed by atoms with Gasteiger partial charge in [0.25, 0.3) is 0 Å². The molecular weight excluding hydrogens is 1800 g/mol. The molecule has 0 fully saturated rings. The zero-order valence-electron chi connectivity index (χ0n) is 81.4. The van der Waals surface area contributed by atoms with Gasteiger partial charge in [0.05, 0.1) is 32.9 Å². The van der Waals surface area contributed by atoms with Crippen molar-refractivity contribution in [2.45, 2.75) is 22.7 Å². The van der Waals surface area contributed by atoms with Gasteiger partial charge in [-0.2, -0.15) is 0 Å². The van der Waals surface area contributed by atoms with Crippen LogP contribution in [-0.4, -0.2) is 9.13 Å². The second-order valence-corrected chi connectivity index (χ2v) is 40.8. The van der Waals surface area contributed by atoms with Crippen molar-refractivity contribution in [3.8, 4) is 134 Å². The molecule has 0 saturated heterocycles. The van der Waals surface area contributed by atoms with Gasteiger partial charge in [0.2, 0.25) is 0 Å². The minimum Gasteiger partial charge on any atom is -0.456 e. The van der Waals surface area contributed by atoms with E-state index in [1.165, 1.54) is 199 Å². The standard InChI is InChI=1S/C146H92N2O/c1-2-29-91(30-3-1)92-59-69-100(70-60-92)140(124-87-86-120(143-123-44-15-25-58-138(123)149-144(124)143)118-46-28-54-133-142(118)122-43-11-21-52-131(122)146(133)128-49-18-8-37-112(128)113-38-9-19-50-129(113)146)101-71-63-94(64-72-101)96-77-82-106(83-78-96)148-136-57-24-14-41-116(136)125-90-104(79-88-137(125)148)103-32-26-31-102(89-103)97-65-73-99(74-66-97)139(98-67-61-93(62-68-98)95-75-80-105(81-76-95)147-134-55-22-12-39-114(134)115-40-13-23-56-135(115)147)119-85-84-109(107-33-4-5-34-108(107)119)117-45-27-53-132-141(117)121-42-10-20-51-130(121)145(132)126-47-16-6-35-110(126)111-36-7-17-48-127(111)145/h1-90,139-140H. The van der Waals surface area contributed by atoms with Gasteiger partial charge in [-0.15, -0.1) is 0 Å². The average Bonchev–Trinajstić information content (AvgIpc) is 1.50. The van der Waals surface area contributed by atoms with Crippen molar-refractivity contribution < 1.29 is 4.42 Å². The van der Waals surface area contributed by atoms with Crippen LogP contribution < -0.4 is 0 Å². The molecule has 149 heavy (non-hydrogen) atoms. The molecule has 2 unspecified atom stereocenters. The third kappa shape index (κ3) is 12.5. The summed E-state index contributed by atoms with van der Waals surface area (Å²) in [6, 6.07) is 205. The molecule has 0 bridgehead atoms. The Kier molecular flexibility index (Phi) is 18.8. The van der Waals surface area contributed by atoms with Gasteiger partial charge in [0.15, 0.2) is 0 Å². The van der Waals surface area contributed by atoms with Crippen LogP contribution >= 0.6 is 0 Å². The molecule has 31 rings (SSSR count). The Morgan fingerprint density at radius 1 is 0.168 bits per heavy atom. The minimum absolute atomic E-state index is 0.124. The number of para-hydroxylation sites is 4. The summed E-state index contributed by atoms with van der Waals surface area (Å²) in [4.78, 5) is 0. The lowest BCUT2D eigenvalue weighted by molar-refractivity contribution is 0.661. The lowest BCUT2D eigenvalue weighted by Crippen LogP contribution is -2.25. The van der Waals surface area contributed by atoms with E-state index >= 15 is 0 Å². The summed E-state index contributed by atoms with van der Waals surface area (Å²) >= 11 is 0. The Bertz CT molecular complexity index is 10100. The normalized spacial score (nSPS) is 13.4. The van der Waals surface area contributed by atoms with Gasteiger partial charge >= 0.3 is 0 Å². The van der Waals surface area contributed by atoms with E-state index in [1.807, 2.05) is 0 Å². The Balaban J connectivity index is 0.469. The molecule has 0 N–H and O–H groups in total. The third-order valence-electron chi connectivity index (χ3n) is 33.5. The summed E-state index contributed by atoms with van der Waals surface area (Å²) in [5, 5.41) is 9.61. The van der Waals surface area contributed by atoms with Crippen LogP contribution in [0.15, 0.2) is 550 Å². The first-order valence-corrected chi connectivity index (χ1v) is 52.0. The predicted octanol–water partition coefficient (Wildman–Crippen LogP) is 37.6. The highest BCUT2D eigenvalue weighted by Crippen LogP contribution is 2.67. The molecule has 2 spiro atoms. The second kappa shape index (κ2) is 33.3.